The molecule has 0 aliphatic heterocycles. The van der Waals surface area contributed by atoms with Crippen molar-refractivity contribution in [3.8, 4) is 0 Å². The van der Waals surface area contributed by atoms with Crippen LogP contribution in [-0.2, 0) is 0 Å². The zero-order valence-corrected chi connectivity index (χ0v) is 8.01. The molecule has 0 saturated carbocycles. The molecular weight excluding hydrogens is 204 g/mol. The molecule has 0 radical (unpaired) electrons. The van der Waals surface area contributed by atoms with Gasteiger partial charge in [-0.2, -0.15) is 0 Å². The fourth-order valence-electron chi connectivity index (χ4n) is 0.878. The van der Waals surface area contributed by atoms with Gasteiger partial charge in [-0.3, -0.25) is 0 Å². The Bertz CT molecular complexity index is 218. The van der Waals surface area contributed by atoms with E-state index < -0.39 is 0 Å². The number of benzene rings is 1. The Labute approximate surface area is 75.2 Å². The first-order valence-corrected chi connectivity index (χ1v) is 4.67. The van der Waals surface area contributed by atoms with Crippen molar-refractivity contribution in [3.63, 3.8) is 0 Å². The van der Waals surface area contributed by atoms with Crippen LogP contribution in [0, 0.1) is 6.92 Å². The number of alkyl halides is 1. The van der Waals surface area contributed by atoms with Gasteiger partial charge in [-0.05, 0) is 12.5 Å². The van der Waals surface area contributed by atoms with Crippen molar-refractivity contribution in [1.82, 2.24) is 0 Å². The molecule has 1 atom stereocenters. The highest BCUT2D eigenvalue weighted by atomic mass is 79.9. The first kappa shape index (κ1) is 8.75. The second-order valence-corrected chi connectivity index (χ2v) is 3.23. The molecule has 0 heterocycles. The maximum absolute atomic E-state index is 9.37. The molecule has 0 aliphatic carbocycles. The Kier molecular flexibility index (Phi) is 3.09. The molecule has 1 N–H and O–H groups in total. The van der Waals surface area contributed by atoms with Crippen LogP contribution in [0.5, 0.6) is 0 Å². The summed E-state index contributed by atoms with van der Waals surface area (Å²) in [7, 11) is 0. The van der Waals surface area contributed by atoms with Crippen molar-refractivity contribution >= 4 is 15.9 Å². The van der Waals surface area contributed by atoms with Crippen LogP contribution in [0.4, 0.5) is 0 Å². The van der Waals surface area contributed by atoms with E-state index in [9.17, 15) is 5.11 Å². The van der Waals surface area contributed by atoms with Crippen LogP contribution < -0.4 is 0 Å². The van der Waals surface area contributed by atoms with Crippen molar-refractivity contribution < 1.29 is 5.11 Å². The first-order valence-electron chi connectivity index (χ1n) is 3.54. The predicted molar refractivity (Wildman–Crippen MR) is 49.9 cm³/mol. The second kappa shape index (κ2) is 3.88. The average molecular weight is 215 g/mol. The lowest BCUT2D eigenvalue weighted by atomic mass is 10.1. The predicted octanol–water partition coefficient (Wildman–Crippen LogP) is 2.42. The minimum absolute atomic E-state index is 0.379. The van der Waals surface area contributed by atoms with Gasteiger partial charge in [0.2, 0.25) is 0 Å². The lowest BCUT2D eigenvalue weighted by molar-refractivity contribution is 0.205. The number of hydrogen-bond donors (Lipinski definition) is 1. The number of halogens is 1. The van der Waals surface area contributed by atoms with Crippen molar-refractivity contribution in [2.24, 2.45) is 0 Å². The first-order chi connectivity index (χ1) is 5.24. The Hall–Kier alpha value is -0.340. The maximum atomic E-state index is 9.37. The zero-order chi connectivity index (χ0) is 8.27. The van der Waals surface area contributed by atoms with E-state index in [-0.39, 0.29) is 6.10 Å². The van der Waals surface area contributed by atoms with E-state index in [1.165, 1.54) is 5.56 Å². The zero-order valence-electron chi connectivity index (χ0n) is 6.42. The maximum Gasteiger partial charge on any atom is 0.0886 e. The van der Waals surface area contributed by atoms with Gasteiger partial charge < -0.3 is 5.11 Å². The molecule has 0 spiro atoms. The van der Waals surface area contributed by atoms with Crippen molar-refractivity contribution in [2.75, 3.05) is 5.33 Å². The smallest absolute Gasteiger partial charge is 0.0886 e. The Balaban J connectivity index is 2.81. The van der Waals surface area contributed by atoms with Crippen molar-refractivity contribution in [2.45, 2.75) is 13.0 Å². The van der Waals surface area contributed by atoms with Gasteiger partial charge in [0.15, 0.2) is 0 Å². The molecule has 11 heavy (non-hydrogen) atoms. The molecule has 1 unspecified atom stereocenters. The molecule has 0 amide bonds. The summed E-state index contributed by atoms with van der Waals surface area (Å²) in [5, 5.41) is 9.97. The van der Waals surface area contributed by atoms with Gasteiger partial charge in [-0.25, -0.2) is 0 Å². The Morgan fingerprint density at radius 2 is 1.91 bits per heavy atom. The van der Waals surface area contributed by atoms with Gasteiger partial charge in [0.25, 0.3) is 0 Å². The standard InChI is InChI=1S/C9H11BrO/c1-7-2-4-8(5-3-7)9(11)6-10/h2-5,9,11H,6H2,1H3. The summed E-state index contributed by atoms with van der Waals surface area (Å²) in [5.41, 5.74) is 2.18. The molecule has 1 nitrogen and oxygen atoms in total. The summed E-state index contributed by atoms with van der Waals surface area (Å²) in [4.78, 5) is 0. The highest BCUT2D eigenvalue weighted by Crippen LogP contribution is 2.14. The van der Waals surface area contributed by atoms with Gasteiger partial charge in [0, 0.05) is 5.33 Å². The van der Waals surface area contributed by atoms with Crippen LogP contribution >= 0.6 is 15.9 Å². The van der Waals surface area contributed by atoms with E-state index in [1.54, 1.807) is 0 Å². The van der Waals surface area contributed by atoms with Crippen LogP contribution in [0.15, 0.2) is 24.3 Å². The minimum Gasteiger partial charge on any atom is -0.388 e. The van der Waals surface area contributed by atoms with Crippen molar-refractivity contribution in [1.29, 1.82) is 0 Å². The number of aliphatic hydroxyl groups is 1. The van der Waals surface area contributed by atoms with E-state index in [0.29, 0.717) is 5.33 Å². The summed E-state index contributed by atoms with van der Waals surface area (Å²) < 4.78 is 0. The van der Waals surface area contributed by atoms with E-state index in [2.05, 4.69) is 15.9 Å². The third-order valence-corrected chi connectivity index (χ3v) is 2.22. The van der Waals surface area contributed by atoms with E-state index in [4.69, 9.17) is 0 Å². The van der Waals surface area contributed by atoms with Crippen LogP contribution in [0.1, 0.15) is 17.2 Å². The summed E-state index contributed by atoms with van der Waals surface area (Å²) in [6.45, 7) is 2.03. The van der Waals surface area contributed by atoms with Gasteiger partial charge in [0.05, 0.1) is 6.10 Å². The van der Waals surface area contributed by atoms with Crippen LogP contribution in [0.3, 0.4) is 0 Å². The van der Waals surface area contributed by atoms with Gasteiger partial charge in [0.1, 0.15) is 0 Å². The molecule has 0 fully saturated rings. The van der Waals surface area contributed by atoms with Crippen LogP contribution in [0.2, 0.25) is 0 Å². The molecule has 1 rings (SSSR count). The monoisotopic (exact) mass is 214 g/mol. The molecule has 0 aliphatic rings. The number of rotatable bonds is 2. The molecule has 1 aromatic rings. The van der Waals surface area contributed by atoms with Gasteiger partial charge in [-0.15, -0.1) is 0 Å². The van der Waals surface area contributed by atoms with Crippen LogP contribution in [0.25, 0.3) is 0 Å². The molecule has 60 valence electrons. The summed E-state index contributed by atoms with van der Waals surface area (Å²) in [5.74, 6) is 0. The largest absolute Gasteiger partial charge is 0.388 e. The molecule has 0 aromatic heterocycles. The van der Waals surface area contributed by atoms with E-state index in [1.807, 2.05) is 31.2 Å². The molecule has 0 bridgehead atoms. The average Bonchev–Trinajstić information content (AvgIpc) is 2.05. The summed E-state index contributed by atoms with van der Waals surface area (Å²) in [6, 6.07) is 7.89. The number of aryl methyl sites for hydroxylation is 1. The van der Waals surface area contributed by atoms with Gasteiger partial charge >= 0.3 is 0 Å². The van der Waals surface area contributed by atoms with E-state index in [0.717, 1.165) is 5.56 Å². The third-order valence-electron chi connectivity index (χ3n) is 1.61. The topological polar surface area (TPSA) is 20.2 Å². The fraction of sp³-hybridized carbons (Fsp3) is 0.333. The normalized spacial score (nSPS) is 13.0. The van der Waals surface area contributed by atoms with Crippen molar-refractivity contribution in [3.05, 3.63) is 35.4 Å². The fourth-order valence-corrected chi connectivity index (χ4v) is 1.25. The SMILES string of the molecule is Cc1ccc(C(O)CBr)cc1. The quantitative estimate of drug-likeness (QED) is 0.751. The summed E-state index contributed by atoms with van der Waals surface area (Å²) >= 11 is 3.22. The Morgan fingerprint density at radius 3 is 2.36 bits per heavy atom. The minimum atomic E-state index is -0.379. The van der Waals surface area contributed by atoms with Crippen LogP contribution in [-0.4, -0.2) is 10.4 Å². The third kappa shape index (κ3) is 2.31. The Morgan fingerprint density at radius 1 is 1.36 bits per heavy atom. The lowest BCUT2D eigenvalue weighted by Crippen LogP contribution is -1.97. The second-order valence-electron chi connectivity index (χ2n) is 2.58. The summed E-state index contributed by atoms with van der Waals surface area (Å²) in [6.07, 6.45) is -0.379. The molecular formula is C9H11BrO. The highest BCUT2D eigenvalue weighted by Gasteiger charge is 2.03. The lowest BCUT2D eigenvalue weighted by Gasteiger charge is -2.06. The molecule has 0 saturated heterocycles. The highest BCUT2D eigenvalue weighted by molar-refractivity contribution is 9.09. The number of hydrogen-bond acceptors (Lipinski definition) is 1. The van der Waals surface area contributed by atoms with Gasteiger partial charge in [-0.1, -0.05) is 45.8 Å². The molecule has 2 heteroatoms. The van der Waals surface area contributed by atoms with E-state index >= 15 is 0 Å². The molecule has 1 aromatic carbocycles. The number of aliphatic hydroxyl groups excluding tert-OH is 1.